The largest absolute Gasteiger partial charge is 0.462 e. The summed E-state index contributed by atoms with van der Waals surface area (Å²) in [5.74, 6) is -1.06. The van der Waals surface area contributed by atoms with Gasteiger partial charge in [0.1, 0.15) is 30.3 Å². The number of anilines is 1. The summed E-state index contributed by atoms with van der Waals surface area (Å²) in [5.41, 5.74) is 6.98. The third kappa shape index (κ3) is 8.92. The fraction of sp³-hybridized carbons (Fsp3) is 0.615. The van der Waals surface area contributed by atoms with E-state index in [-0.39, 0.29) is 37.2 Å². The molecule has 18 heteroatoms. The Morgan fingerprint density at radius 2 is 2.02 bits per heavy atom. The van der Waals surface area contributed by atoms with Crippen molar-refractivity contribution in [3.63, 3.8) is 0 Å². The van der Waals surface area contributed by atoms with Gasteiger partial charge in [-0.25, -0.2) is 14.5 Å². The van der Waals surface area contributed by atoms with E-state index in [0.717, 1.165) is 25.8 Å². The molecule has 2 aromatic heterocycles. The molecule has 3 N–H and O–H groups in total. The Morgan fingerprint density at radius 1 is 1.23 bits per heavy atom. The van der Waals surface area contributed by atoms with Gasteiger partial charge in [0.2, 0.25) is 11.1 Å². The molecule has 0 unspecified atom stereocenters. The maximum Gasteiger partial charge on any atom is 0.355 e. The average Bonchev–Trinajstić information content (AvgIpc) is 3.63. The second kappa shape index (κ2) is 16.2. The van der Waals surface area contributed by atoms with Crippen LogP contribution in [0.1, 0.15) is 38.3 Å². The molecule has 2 atom stereocenters. The molecule has 2 aliphatic rings. The van der Waals surface area contributed by atoms with Gasteiger partial charge in [-0.3, -0.25) is 19.3 Å². The first-order valence-electron chi connectivity index (χ1n) is 14.2. The zero-order chi connectivity index (χ0) is 31.6. The number of fused-ring (bicyclic) bond motifs is 1. The molecule has 0 aliphatic carbocycles. The van der Waals surface area contributed by atoms with Gasteiger partial charge in [0.15, 0.2) is 5.13 Å². The van der Waals surface area contributed by atoms with E-state index >= 15 is 0 Å². The Balaban J connectivity index is 1.42. The number of carbonyl (C=O) groups is 4. The van der Waals surface area contributed by atoms with Crippen LogP contribution in [-0.4, -0.2) is 116 Å². The number of thioether (sulfide) groups is 2. The van der Waals surface area contributed by atoms with E-state index in [4.69, 9.17) is 15.2 Å². The summed E-state index contributed by atoms with van der Waals surface area (Å²) in [5, 5.41) is 16.9. The van der Waals surface area contributed by atoms with Crippen LogP contribution in [-0.2, 0) is 41.6 Å². The number of tetrazole rings is 1. The first-order chi connectivity index (χ1) is 21.2. The van der Waals surface area contributed by atoms with Crippen molar-refractivity contribution in [2.45, 2.75) is 62.1 Å². The lowest BCUT2D eigenvalue weighted by molar-refractivity contribution is -0.155. The summed E-state index contributed by atoms with van der Waals surface area (Å²) in [6, 6.07) is -0.803. The maximum atomic E-state index is 13.4. The molecule has 1 saturated heterocycles. The highest BCUT2D eigenvalue weighted by Crippen LogP contribution is 2.42. The number of rotatable bonds is 17. The molecule has 44 heavy (non-hydrogen) atoms. The normalized spacial score (nSPS) is 17.8. The van der Waals surface area contributed by atoms with Crippen LogP contribution < -0.4 is 11.1 Å². The number of nitrogens with two attached hydrogens (primary N) is 1. The van der Waals surface area contributed by atoms with E-state index in [2.05, 4.69) is 25.8 Å². The molecule has 0 aromatic carbocycles. The molecule has 2 amide bonds. The van der Waals surface area contributed by atoms with Gasteiger partial charge < -0.3 is 25.4 Å². The monoisotopic (exact) mass is 667 g/mol. The van der Waals surface area contributed by atoms with E-state index < -0.39 is 23.3 Å². The summed E-state index contributed by atoms with van der Waals surface area (Å²) in [4.78, 5) is 58.8. The van der Waals surface area contributed by atoms with Crippen LogP contribution in [0.5, 0.6) is 0 Å². The third-order valence-corrected chi connectivity index (χ3v) is 9.77. The van der Waals surface area contributed by atoms with Crippen molar-refractivity contribution in [1.29, 1.82) is 0 Å². The number of ether oxygens (including phenoxy) is 2. The van der Waals surface area contributed by atoms with E-state index in [1.807, 2.05) is 25.9 Å². The minimum Gasteiger partial charge on any atom is -0.462 e. The van der Waals surface area contributed by atoms with Gasteiger partial charge >= 0.3 is 11.9 Å². The number of likely N-dealkylation sites (N-methyl/N-ethyl adjacent to an activating group) is 1. The minimum atomic E-state index is -0.803. The van der Waals surface area contributed by atoms with Gasteiger partial charge in [-0.2, -0.15) is 0 Å². The smallest absolute Gasteiger partial charge is 0.355 e. The van der Waals surface area contributed by atoms with Gasteiger partial charge in [-0.1, -0.05) is 31.5 Å². The minimum absolute atomic E-state index is 0.0127. The number of nitrogen functional groups attached to an aromatic ring is 1. The van der Waals surface area contributed by atoms with E-state index in [9.17, 15) is 19.2 Å². The van der Waals surface area contributed by atoms with Crippen molar-refractivity contribution < 1.29 is 28.7 Å². The lowest BCUT2D eigenvalue weighted by Gasteiger charge is -2.49. The zero-order valence-corrected chi connectivity index (χ0v) is 27.3. The number of amides is 2. The number of thiazole rings is 1. The summed E-state index contributed by atoms with van der Waals surface area (Å²) >= 11 is 4.03. The van der Waals surface area contributed by atoms with E-state index in [1.54, 1.807) is 10.1 Å². The molecule has 0 radical (unpaired) electrons. The average molecular weight is 668 g/mol. The molecule has 0 saturated carbocycles. The van der Waals surface area contributed by atoms with Crippen molar-refractivity contribution in [1.82, 2.24) is 40.3 Å². The van der Waals surface area contributed by atoms with Crippen molar-refractivity contribution >= 4 is 63.7 Å². The van der Waals surface area contributed by atoms with Crippen molar-refractivity contribution in [3.05, 3.63) is 22.3 Å². The van der Waals surface area contributed by atoms with Crippen LogP contribution in [0.2, 0.25) is 0 Å². The third-order valence-electron chi connectivity index (χ3n) is 6.67. The highest BCUT2D eigenvalue weighted by Gasteiger charge is 2.54. The van der Waals surface area contributed by atoms with E-state index in [0.29, 0.717) is 46.0 Å². The Hall–Kier alpha value is -3.22. The van der Waals surface area contributed by atoms with E-state index in [1.165, 1.54) is 39.8 Å². The van der Waals surface area contributed by atoms with Crippen LogP contribution in [0, 0.1) is 0 Å². The second-order valence-corrected chi connectivity index (χ2v) is 13.3. The van der Waals surface area contributed by atoms with Gasteiger partial charge in [0.25, 0.3) is 5.91 Å². The molecule has 2 aromatic rings. The SMILES string of the molecule is CCCCCC(=O)OCCOC(=O)C1=C(CSc2nnnn2CCN(C)C)CS[C@H]2[C@H](NC(=O)Cc3csc(N)n3)C(=O)N12. The number of hydrogen-bond acceptors (Lipinski definition) is 15. The predicted molar refractivity (Wildman–Crippen MR) is 165 cm³/mol. The van der Waals surface area contributed by atoms with Crippen LogP contribution in [0.4, 0.5) is 5.13 Å². The standard InChI is InChI=1S/C26H37N9O6S3/c1-4-5-6-7-19(37)40-10-11-41-24(39)21-16(14-44-26-30-31-32-34(26)9-8-33(2)3)13-42-23-20(22(38)35(21)23)29-18(36)12-17-15-43-25(27)28-17/h15,20,23H,4-14H2,1-3H3,(H2,27,28)(H,29,36)/t20-,23+/m1/s1. The Kier molecular flexibility index (Phi) is 12.4. The van der Waals surface area contributed by atoms with Crippen LogP contribution in [0.3, 0.4) is 0 Å². The number of hydrogen-bond donors (Lipinski definition) is 2. The number of nitrogens with zero attached hydrogens (tertiary/aromatic N) is 7. The topological polar surface area (TPSA) is 188 Å². The van der Waals surface area contributed by atoms with Crippen molar-refractivity contribution in [2.24, 2.45) is 0 Å². The molecule has 0 spiro atoms. The second-order valence-electron chi connectivity index (χ2n) is 10.4. The number of aromatic nitrogens is 5. The molecule has 0 bridgehead atoms. The number of nitrogens with one attached hydrogen (secondary N) is 1. The molecule has 4 rings (SSSR count). The molecule has 2 aliphatic heterocycles. The molecule has 15 nitrogen and oxygen atoms in total. The Bertz CT molecular complexity index is 1360. The highest BCUT2D eigenvalue weighted by atomic mass is 32.2. The summed E-state index contributed by atoms with van der Waals surface area (Å²) in [6.07, 6.45) is 2.97. The van der Waals surface area contributed by atoms with Crippen molar-refractivity contribution in [3.8, 4) is 0 Å². The summed E-state index contributed by atoms with van der Waals surface area (Å²) < 4.78 is 12.3. The first-order valence-corrected chi connectivity index (χ1v) is 17.1. The lowest BCUT2D eigenvalue weighted by Crippen LogP contribution is -2.70. The number of carbonyl (C=O) groups excluding carboxylic acids is 4. The summed E-state index contributed by atoms with van der Waals surface area (Å²) in [7, 11) is 3.91. The molecule has 240 valence electrons. The highest BCUT2D eigenvalue weighted by molar-refractivity contribution is 8.01. The van der Waals surface area contributed by atoms with Gasteiger partial charge in [0, 0.05) is 29.9 Å². The number of esters is 2. The fourth-order valence-corrected chi connectivity index (χ4v) is 7.36. The Morgan fingerprint density at radius 3 is 2.75 bits per heavy atom. The number of β-lactam (4-membered cyclic amide) rings is 1. The quantitative estimate of drug-likeness (QED) is 0.105. The van der Waals surface area contributed by atoms with Crippen LogP contribution in [0.25, 0.3) is 0 Å². The number of unbranched alkanes of at least 4 members (excludes halogenated alkanes) is 2. The first kappa shape index (κ1) is 33.7. The molecular formula is C26H37N9O6S3. The fourth-order valence-electron chi connectivity index (χ4n) is 4.41. The van der Waals surface area contributed by atoms with Crippen LogP contribution in [0.15, 0.2) is 21.8 Å². The predicted octanol–water partition coefficient (Wildman–Crippen LogP) is 0.929. The van der Waals surface area contributed by atoms with Crippen LogP contribution >= 0.6 is 34.9 Å². The van der Waals surface area contributed by atoms with Gasteiger partial charge in [-0.05, 0) is 36.5 Å². The van der Waals surface area contributed by atoms with Gasteiger partial charge in [0.05, 0.1) is 18.7 Å². The van der Waals surface area contributed by atoms with Crippen molar-refractivity contribution in [2.75, 3.05) is 51.1 Å². The Labute approximate surface area is 267 Å². The zero-order valence-electron chi connectivity index (χ0n) is 24.9. The maximum absolute atomic E-state index is 13.4. The lowest BCUT2D eigenvalue weighted by atomic mass is 10.0. The van der Waals surface area contributed by atoms with Gasteiger partial charge in [-0.15, -0.1) is 28.2 Å². The molecular weight excluding hydrogens is 631 g/mol. The molecule has 4 heterocycles. The molecule has 1 fully saturated rings. The summed E-state index contributed by atoms with van der Waals surface area (Å²) in [6.45, 7) is 3.14.